The number of nitrogens with one attached hydrogen (secondary N) is 2. The second-order valence-corrected chi connectivity index (χ2v) is 6.49. The molecule has 2 atom stereocenters. The predicted octanol–water partition coefficient (Wildman–Crippen LogP) is 2.91. The van der Waals surface area contributed by atoms with E-state index in [1.807, 2.05) is 26.1 Å². The zero-order valence-electron chi connectivity index (χ0n) is 13.4. The summed E-state index contributed by atoms with van der Waals surface area (Å²) >= 11 is 11.9. The highest BCUT2D eigenvalue weighted by Gasteiger charge is 2.22. The van der Waals surface area contributed by atoms with Gasteiger partial charge in [-0.3, -0.25) is 4.79 Å². The van der Waals surface area contributed by atoms with Gasteiger partial charge in [-0.05, 0) is 37.3 Å². The van der Waals surface area contributed by atoms with E-state index in [-0.39, 0.29) is 11.9 Å². The van der Waals surface area contributed by atoms with Crippen molar-refractivity contribution in [2.24, 2.45) is 0 Å². The van der Waals surface area contributed by atoms with Gasteiger partial charge in [-0.2, -0.15) is 5.26 Å². The number of rotatable bonds is 5. The van der Waals surface area contributed by atoms with Crippen molar-refractivity contribution >= 4 is 34.8 Å². The number of likely N-dealkylation sites (N-methyl/N-ethyl adjacent to an activating group) is 1. The minimum atomic E-state index is -0.273. The number of nitrogens with zero attached hydrogens (tertiary/aromatic N) is 1. The van der Waals surface area contributed by atoms with Gasteiger partial charge < -0.3 is 10.2 Å². The molecule has 4 nitrogen and oxygen atoms in total. The number of carbonyl (C=O) groups excluding carboxylic acids is 1. The Labute approximate surface area is 151 Å². The number of nitriles is 1. The summed E-state index contributed by atoms with van der Waals surface area (Å²) in [6, 6.07) is 14.1. The lowest BCUT2D eigenvalue weighted by atomic mass is 10.1. The molecule has 1 amide bonds. The highest BCUT2D eigenvalue weighted by Crippen LogP contribution is 2.22. The number of quaternary nitrogens is 1. The summed E-state index contributed by atoms with van der Waals surface area (Å²) in [5.41, 5.74) is 2.14. The first-order chi connectivity index (χ1) is 11.4. The van der Waals surface area contributed by atoms with Crippen LogP contribution in [0.4, 0.5) is 5.69 Å². The zero-order valence-corrected chi connectivity index (χ0v) is 14.9. The second kappa shape index (κ2) is 8.16. The molecule has 0 radical (unpaired) electrons. The molecule has 2 aromatic rings. The summed E-state index contributed by atoms with van der Waals surface area (Å²) < 4.78 is 0. The van der Waals surface area contributed by atoms with Gasteiger partial charge in [0, 0.05) is 11.3 Å². The van der Waals surface area contributed by atoms with Crippen LogP contribution >= 0.6 is 23.2 Å². The molecule has 0 heterocycles. The molecule has 0 saturated heterocycles. The van der Waals surface area contributed by atoms with Gasteiger partial charge >= 0.3 is 0 Å². The van der Waals surface area contributed by atoms with Gasteiger partial charge in [0.15, 0.2) is 6.04 Å². The maximum atomic E-state index is 12.4. The second-order valence-electron chi connectivity index (χ2n) is 5.68. The van der Waals surface area contributed by atoms with Crippen LogP contribution in [-0.4, -0.2) is 19.0 Å². The molecular weight excluding hydrogens is 345 g/mol. The van der Waals surface area contributed by atoms with Gasteiger partial charge in [-0.1, -0.05) is 35.3 Å². The van der Waals surface area contributed by atoms with Crippen LogP contribution in [0.15, 0.2) is 42.5 Å². The molecule has 0 aliphatic carbocycles. The molecule has 24 heavy (non-hydrogen) atoms. The first-order valence-electron chi connectivity index (χ1n) is 7.48. The molecule has 0 aliphatic rings. The van der Waals surface area contributed by atoms with Crippen LogP contribution in [0.25, 0.3) is 0 Å². The predicted molar refractivity (Wildman–Crippen MR) is 96.3 cm³/mol. The molecule has 1 unspecified atom stereocenters. The van der Waals surface area contributed by atoms with Crippen molar-refractivity contribution in [3.8, 4) is 6.07 Å². The maximum Gasteiger partial charge on any atom is 0.282 e. The molecule has 0 spiro atoms. The summed E-state index contributed by atoms with van der Waals surface area (Å²) in [5, 5.41) is 12.8. The molecule has 124 valence electrons. The Morgan fingerprint density at radius 1 is 1.25 bits per heavy atom. The number of carbonyl (C=O) groups is 1. The van der Waals surface area contributed by atoms with Gasteiger partial charge in [0.25, 0.3) is 5.91 Å². The summed E-state index contributed by atoms with van der Waals surface area (Å²) in [5.74, 6) is -0.109. The van der Waals surface area contributed by atoms with E-state index in [0.717, 1.165) is 10.5 Å². The summed E-state index contributed by atoms with van der Waals surface area (Å²) in [6.07, 6.45) is 0. The number of hydrogen-bond donors (Lipinski definition) is 2. The van der Waals surface area contributed by atoms with E-state index in [2.05, 4.69) is 11.4 Å². The standard InChI is InChI=1S/C18H17Cl2N3O/c1-12(18(24)22-15-5-3-4-13(8-15)10-21)23(2)11-14-6-7-16(19)17(20)9-14/h3-9,12H,11H2,1-2H3,(H,22,24)/p+1/t12-/m1/s1. The van der Waals surface area contributed by atoms with Crippen LogP contribution in [-0.2, 0) is 11.3 Å². The lowest BCUT2D eigenvalue weighted by molar-refractivity contribution is -0.907. The molecule has 2 N–H and O–H groups in total. The van der Waals surface area contributed by atoms with Crippen LogP contribution in [0.3, 0.4) is 0 Å². The van der Waals surface area contributed by atoms with Crippen molar-refractivity contribution in [1.82, 2.24) is 0 Å². The van der Waals surface area contributed by atoms with Crippen molar-refractivity contribution < 1.29 is 9.69 Å². The van der Waals surface area contributed by atoms with E-state index in [9.17, 15) is 4.79 Å². The van der Waals surface area contributed by atoms with E-state index in [1.165, 1.54) is 0 Å². The molecule has 6 heteroatoms. The number of amides is 1. The fourth-order valence-corrected chi connectivity index (χ4v) is 2.59. The van der Waals surface area contributed by atoms with Gasteiger partial charge in [0.05, 0.1) is 28.7 Å². The van der Waals surface area contributed by atoms with Crippen LogP contribution in [0.2, 0.25) is 10.0 Å². The molecule has 0 bridgehead atoms. The number of hydrogen-bond acceptors (Lipinski definition) is 2. The lowest BCUT2D eigenvalue weighted by Gasteiger charge is -2.21. The Kier molecular flexibility index (Phi) is 6.22. The Bertz CT molecular complexity index is 786. The largest absolute Gasteiger partial charge is 0.324 e. The van der Waals surface area contributed by atoms with Crippen molar-refractivity contribution in [1.29, 1.82) is 5.26 Å². The number of anilines is 1. The highest BCUT2D eigenvalue weighted by atomic mass is 35.5. The number of benzene rings is 2. The average molecular weight is 363 g/mol. The van der Waals surface area contributed by atoms with Crippen molar-refractivity contribution in [2.75, 3.05) is 12.4 Å². The monoisotopic (exact) mass is 362 g/mol. The minimum absolute atomic E-state index is 0.109. The smallest absolute Gasteiger partial charge is 0.282 e. The minimum Gasteiger partial charge on any atom is -0.324 e. The molecule has 0 aromatic heterocycles. The Morgan fingerprint density at radius 3 is 2.67 bits per heavy atom. The summed E-state index contributed by atoms with van der Waals surface area (Å²) in [7, 11) is 1.94. The lowest BCUT2D eigenvalue weighted by Crippen LogP contribution is -3.12. The first-order valence-corrected chi connectivity index (χ1v) is 8.23. The van der Waals surface area contributed by atoms with Gasteiger partial charge in [0.2, 0.25) is 0 Å². The van der Waals surface area contributed by atoms with Crippen LogP contribution in [0, 0.1) is 11.3 Å². The summed E-state index contributed by atoms with van der Waals surface area (Å²) in [4.78, 5) is 13.4. The van der Waals surface area contributed by atoms with Crippen LogP contribution < -0.4 is 10.2 Å². The fourth-order valence-electron chi connectivity index (χ4n) is 2.27. The van der Waals surface area contributed by atoms with Crippen LogP contribution in [0.5, 0.6) is 0 Å². The zero-order chi connectivity index (χ0) is 17.7. The average Bonchev–Trinajstić information content (AvgIpc) is 2.57. The van der Waals surface area contributed by atoms with E-state index >= 15 is 0 Å². The van der Waals surface area contributed by atoms with Crippen molar-refractivity contribution in [3.63, 3.8) is 0 Å². The van der Waals surface area contributed by atoms with Gasteiger partial charge in [-0.15, -0.1) is 0 Å². The molecule has 2 aromatic carbocycles. The van der Waals surface area contributed by atoms with Crippen LogP contribution in [0.1, 0.15) is 18.1 Å². The molecule has 2 rings (SSSR count). The molecule has 0 aliphatic heterocycles. The highest BCUT2D eigenvalue weighted by molar-refractivity contribution is 6.42. The third-order valence-electron chi connectivity index (χ3n) is 3.86. The van der Waals surface area contributed by atoms with Crippen molar-refractivity contribution in [3.05, 3.63) is 63.6 Å². The quantitative estimate of drug-likeness (QED) is 0.858. The van der Waals surface area contributed by atoms with E-state index < -0.39 is 0 Å². The van der Waals surface area contributed by atoms with E-state index in [1.54, 1.807) is 30.3 Å². The first kappa shape index (κ1) is 18.3. The van der Waals surface area contributed by atoms with E-state index in [4.69, 9.17) is 28.5 Å². The SMILES string of the molecule is C[C@H](C(=O)Nc1cccc(C#N)c1)[NH+](C)Cc1ccc(Cl)c(Cl)c1. The van der Waals surface area contributed by atoms with Crippen molar-refractivity contribution in [2.45, 2.75) is 19.5 Å². The van der Waals surface area contributed by atoms with Gasteiger partial charge in [0.1, 0.15) is 6.54 Å². The molecule has 0 saturated carbocycles. The topological polar surface area (TPSA) is 57.3 Å². The Morgan fingerprint density at radius 2 is 2.00 bits per heavy atom. The normalized spacial score (nSPS) is 13.0. The number of halogens is 2. The Balaban J connectivity index is 2.01. The third kappa shape index (κ3) is 4.72. The Hall–Kier alpha value is -2.06. The van der Waals surface area contributed by atoms with Gasteiger partial charge in [-0.25, -0.2) is 0 Å². The maximum absolute atomic E-state index is 12.4. The molecule has 0 fully saturated rings. The summed E-state index contributed by atoms with van der Waals surface area (Å²) in [6.45, 7) is 2.50. The molecular formula is C18H18Cl2N3O+. The fraction of sp³-hybridized carbons (Fsp3) is 0.222. The van der Waals surface area contributed by atoms with E-state index in [0.29, 0.717) is 27.8 Å². The third-order valence-corrected chi connectivity index (χ3v) is 4.60.